The molecule has 0 aromatic heterocycles. The molecule has 140 valence electrons. The molecule has 0 aliphatic carbocycles. The summed E-state index contributed by atoms with van der Waals surface area (Å²) in [5.74, 6) is 1.35. The number of rotatable bonds is 9. The van der Waals surface area contributed by atoms with E-state index in [-0.39, 0.29) is 0 Å². The van der Waals surface area contributed by atoms with Crippen LogP contribution in [-0.4, -0.2) is 19.2 Å². The molecule has 27 heavy (non-hydrogen) atoms. The van der Waals surface area contributed by atoms with Gasteiger partial charge in [0.05, 0.1) is 0 Å². The minimum absolute atomic E-state index is 0.303. The van der Waals surface area contributed by atoms with Crippen molar-refractivity contribution in [2.24, 2.45) is 0 Å². The molecule has 1 N–H and O–H groups in total. The van der Waals surface area contributed by atoms with Crippen molar-refractivity contribution in [3.8, 4) is 5.75 Å². The third-order valence-corrected chi connectivity index (χ3v) is 4.82. The zero-order valence-electron chi connectivity index (χ0n) is 16.3. The van der Waals surface area contributed by atoms with Crippen LogP contribution in [0.1, 0.15) is 36.0 Å². The molecule has 0 heterocycles. The maximum absolute atomic E-state index is 5.91. The van der Waals surface area contributed by atoms with Gasteiger partial charge in [0.1, 0.15) is 12.4 Å². The topological polar surface area (TPSA) is 21.3 Å². The van der Waals surface area contributed by atoms with E-state index >= 15 is 0 Å². The largest absolute Gasteiger partial charge is 0.492 e. The van der Waals surface area contributed by atoms with Crippen LogP contribution in [0.15, 0.2) is 84.9 Å². The standard InChI is InChI=1S/C25H29NO/c1-20-10-9-15-24(18-20)27-19-21(2)26-17-16-25(22-11-5-3-6-12-22)23-13-7-4-8-14-23/h3-15,18,21,25-26H,16-17,19H2,1-2H3/t21-/m0/s1. The Labute approximate surface area is 163 Å². The fourth-order valence-corrected chi connectivity index (χ4v) is 3.36. The van der Waals surface area contributed by atoms with Gasteiger partial charge in [-0.15, -0.1) is 0 Å². The van der Waals surface area contributed by atoms with Gasteiger partial charge < -0.3 is 10.1 Å². The Hall–Kier alpha value is -2.58. The second-order valence-corrected chi connectivity index (χ2v) is 7.15. The number of benzene rings is 3. The van der Waals surface area contributed by atoms with Crippen LogP contribution < -0.4 is 10.1 Å². The van der Waals surface area contributed by atoms with E-state index in [4.69, 9.17) is 4.74 Å². The summed E-state index contributed by atoms with van der Waals surface area (Å²) in [4.78, 5) is 0. The van der Waals surface area contributed by atoms with Crippen LogP contribution in [0.2, 0.25) is 0 Å². The fourth-order valence-electron chi connectivity index (χ4n) is 3.36. The molecule has 1 atom stereocenters. The Bertz CT molecular complexity index is 761. The Morgan fingerprint density at radius 3 is 2.04 bits per heavy atom. The van der Waals surface area contributed by atoms with E-state index in [1.54, 1.807) is 0 Å². The summed E-state index contributed by atoms with van der Waals surface area (Å²) in [5, 5.41) is 3.61. The summed E-state index contributed by atoms with van der Waals surface area (Å²) in [5.41, 5.74) is 3.96. The van der Waals surface area contributed by atoms with Crippen molar-refractivity contribution in [3.63, 3.8) is 0 Å². The van der Waals surface area contributed by atoms with E-state index in [2.05, 4.69) is 92.0 Å². The number of ether oxygens (including phenoxy) is 1. The van der Waals surface area contributed by atoms with Crippen LogP contribution in [0.5, 0.6) is 5.75 Å². The molecule has 0 spiro atoms. The number of hydrogen-bond donors (Lipinski definition) is 1. The fraction of sp³-hybridized carbons (Fsp3) is 0.280. The number of nitrogens with one attached hydrogen (secondary N) is 1. The van der Waals surface area contributed by atoms with Gasteiger partial charge in [-0.1, -0.05) is 72.8 Å². The van der Waals surface area contributed by atoms with Crippen LogP contribution in [0, 0.1) is 6.92 Å². The minimum Gasteiger partial charge on any atom is -0.492 e. The average molecular weight is 360 g/mol. The molecular formula is C25H29NO. The van der Waals surface area contributed by atoms with E-state index in [1.165, 1.54) is 16.7 Å². The minimum atomic E-state index is 0.303. The summed E-state index contributed by atoms with van der Waals surface area (Å²) in [6.45, 7) is 5.88. The monoisotopic (exact) mass is 359 g/mol. The zero-order chi connectivity index (χ0) is 18.9. The molecule has 0 aliphatic heterocycles. The quantitative estimate of drug-likeness (QED) is 0.539. The molecule has 0 saturated carbocycles. The molecule has 3 rings (SSSR count). The lowest BCUT2D eigenvalue weighted by atomic mass is 9.88. The van der Waals surface area contributed by atoms with Gasteiger partial charge in [-0.3, -0.25) is 0 Å². The summed E-state index contributed by atoms with van der Waals surface area (Å²) < 4.78 is 5.91. The number of hydrogen-bond acceptors (Lipinski definition) is 2. The highest BCUT2D eigenvalue weighted by Crippen LogP contribution is 2.27. The van der Waals surface area contributed by atoms with Gasteiger partial charge in [0.25, 0.3) is 0 Å². The van der Waals surface area contributed by atoms with Gasteiger partial charge in [-0.05, 0) is 55.6 Å². The Morgan fingerprint density at radius 1 is 0.815 bits per heavy atom. The van der Waals surface area contributed by atoms with Crippen molar-refractivity contribution >= 4 is 0 Å². The predicted octanol–water partition coefficient (Wildman–Crippen LogP) is 5.57. The average Bonchev–Trinajstić information content (AvgIpc) is 2.71. The smallest absolute Gasteiger partial charge is 0.119 e. The molecule has 3 aromatic carbocycles. The molecule has 0 aliphatic rings. The molecule has 2 nitrogen and oxygen atoms in total. The van der Waals surface area contributed by atoms with Crippen LogP contribution in [0.4, 0.5) is 0 Å². The molecule has 0 amide bonds. The van der Waals surface area contributed by atoms with Crippen molar-refractivity contribution < 1.29 is 4.74 Å². The first-order valence-corrected chi connectivity index (χ1v) is 9.75. The highest BCUT2D eigenvalue weighted by Gasteiger charge is 2.14. The Kier molecular flexibility index (Phi) is 7.06. The highest BCUT2D eigenvalue weighted by atomic mass is 16.5. The third-order valence-electron chi connectivity index (χ3n) is 4.82. The molecular weight excluding hydrogens is 330 g/mol. The van der Waals surface area contributed by atoms with Crippen LogP contribution in [0.3, 0.4) is 0 Å². The highest BCUT2D eigenvalue weighted by molar-refractivity contribution is 5.32. The second-order valence-electron chi connectivity index (χ2n) is 7.15. The van der Waals surface area contributed by atoms with Crippen molar-refractivity contribution in [1.29, 1.82) is 0 Å². The van der Waals surface area contributed by atoms with E-state index in [1.807, 2.05) is 12.1 Å². The third kappa shape index (κ3) is 5.97. The van der Waals surface area contributed by atoms with Crippen molar-refractivity contribution in [2.75, 3.05) is 13.2 Å². The Balaban J connectivity index is 1.53. The van der Waals surface area contributed by atoms with E-state index in [9.17, 15) is 0 Å². The lowest BCUT2D eigenvalue weighted by Gasteiger charge is -2.20. The van der Waals surface area contributed by atoms with Gasteiger partial charge in [0, 0.05) is 12.0 Å². The lowest BCUT2D eigenvalue weighted by Crippen LogP contribution is -2.33. The normalized spacial score (nSPS) is 12.1. The maximum Gasteiger partial charge on any atom is 0.119 e. The van der Waals surface area contributed by atoms with Crippen LogP contribution in [0.25, 0.3) is 0 Å². The molecule has 0 radical (unpaired) electrons. The van der Waals surface area contributed by atoms with Gasteiger partial charge in [0.15, 0.2) is 0 Å². The molecule has 0 unspecified atom stereocenters. The first-order valence-electron chi connectivity index (χ1n) is 9.75. The van der Waals surface area contributed by atoms with Crippen molar-refractivity contribution in [2.45, 2.75) is 32.2 Å². The first kappa shape index (κ1) is 19.2. The summed E-state index contributed by atoms with van der Waals surface area (Å²) in [6.07, 6.45) is 1.06. The summed E-state index contributed by atoms with van der Waals surface area (Å²) in [6, 6.07) is 30.1. The SMILES string of the molecule is Cc1cccc(OC[C@H](C)NCCC(c2ccccc2)c2ccccc2)c1. The van der Waals surface area contributed by atoms with Crippen molar-refractivity contribution in [1.82, 2.24) is 5.32 Å². The van der Waals surface area contributed by atoms with Gasteiger partial charge in [0.2, 0.25) is 0 Å². The van der Waals surface area contributed by atoms with E-state index < -0.39 is 0 Å². The van der Waals surface area contributed by atoms with Crippen LogP contribution in [-0.2, 0) is 0 Å². The van der Waals surface area contributed by atoms with Crippen molar-refractivity contribution in [3.05, 3.63) is 102 Å². The molecule has 0 fully saturated rings. The first-order chi connectivity index (χ1) is 13.2. The molecule has 0 bridgehead atoms. The number of aryl methyl sites for hydroxylation is 1. The predicted molar refractivity (Wildman–Crippen MR) is 113 cm³/mol. The van der Waals surface area contributed by atoms with Gasteiger partial charge in [-0.2, -0.15) is 0 Å². The van der Waals surface area contributed by atoms with Gasteiger partial charge in [-0.25, -0.2) is 0 Å². The van der Waals surface area contributed by atoms with E-state index in [0.717, 1.165) is 18.7 Å². The zero-order valence-corrected chi connectivity index (χ0v) is 16.3. The second kappa shape index (κ2) is 9.94. The molecule has 0 saturated heterocycles. The summed E-state index contributed by atoms with van der Waals surface area (Å²) >= 11 is 0. The van der Waals surface area contributed by atoms with Crippen LogP contribution >= 0.6 is 0 Å². The molecule has 2 heteroatoms. The van der Waals surface area contributed by atoms with Gasteiger partial charge >= 0.3 is 0 Å². The van der Waals surface area contributed by atoms with E-state index in [0.29, 0.717) is 18.6 Å². The molecule has 3 aromatic rings. The Morgan fingerprint density at radius 2 is 1.44 bits per heavy atom. The maximum atomic E-state index is 5.91. The lowest BCUT2D eigenvalue weighted by molar-refractivity contribution is 0.272. The summed E-state index contributed by atoms with van der Waals surface area (Å²) in [7, 11) is 0.